The van der Waals surface area contributed by atoms with Gasteiger partial charge in [-0.15, -0.1) is 6.07 Å². The second-order valence-electron chi connectivity index (χ2n) is 2.50. The standard InChI is InChI=1S/C9H8N3.Ir/c1-12-7-5-9(11-12)8-4-2-3-6-10-8;/h2-3,5-7H,1H3;/q-1;. The first-order valence-electron chi connectivity index (χ1n) is 3.69. The van der Waals surface area contributed by atoms with E-state index < -0.39 is 0 Å². The minimum atomic E-state index is 0. The first-order valence-corrected chi connectivity index (χ1v) is 3.69. The second kappa shape index (κ2) is 4.30. The van der Waals surface area contributed by atoms with Crippen LogP contribution in [0.2, 0.25) is 0 Å². The molecule has 1 radical (unpaired) electrons. The largest absolute Gasteiger partial charge is 0.294 e. The molecule has 0 atom stereocenters. The van der Waals surface area contributed by atoms with Crippen molar-refractivity contribution in [2.24, 2.45) is 7.05 Å². The average Bonchev–Trinajstić information content (AvgIpc) is 2.54. The third-order valence-corrected chi connectivity index (χ3v) is 1.56. The smallest absolute Gasteiger partial charge is 0.0285 e. The molecule has 0 aliphatic carbocycles. The van der Waals surface area contributed by atoms with Gasteiger partial charge in [0.05, 0.1) is 0 Å². The molecule has 13 heavy (non-hydrogen) atoms. The topological polar surface area (TPSA) is 30.7 Å². The second-order valence-corrected chi connectivity index (χ2v) is 2.50. The minimum Gasteiger partial charge on any atom is -0.294 e. The number of nitrogens with zero attached hydrogens (tertiary/aromatic N) is 3. The van der Waals surface area contributed by atoms with Gasteiger partial charge in [0.1, 0.15) is 0 Å². The molecule has 3 nitrogen and oxygen atoms in total. The summed E-state index contributed by atoms with van der Waals surface area (Å²) < 4.78 is 1.75. The van der Waals surface area contributed by atoms with Crippen molar-refractivity contribution in [3.05, 3.63) is 36.7 Å². The SMILES string of the molecule is Cn1ccc(-c2[c-]cccn2)n1.[Ir]. The molecule has 2 heterocycles. The number of aryl methyl sites for hydroxylation is 1. The van der Waals surface area contributed by atoms with Gasteiger partial charge in [-0.2, -0.15) is 12.1 Å². The van der Waals surface area contributed by atoms with Crippen molar-refractivity contribution in [3.8, 4) is 11.4 Å². The number of aromatic nitrogens is 3. The molecule has 2 rings (SSSR count). The van der Waals surface area contributed by atoms with Gasteiger partial charge in [-0.3, -0.25) is 9.67 Å². The number of hydrogen-bond acceptors (Lipinski definition) is 2. The third kappa shape index (κ3) is 2.23. The summed E-state index contributed by atoms with van der Waals surface area (Å²) in [5, 5.41) is 4.20. The molecule has 2 aromatic rings. The molecule has 0 bridgehead atoms. The third-order valence-electron chi connectivity index (χ3n) is 1.56. The van der Waals surface area contributed by atoms with E-state index >= 15 is 0 Å². The summed E-state index contributed by atoms with van der Waals surface area (Å²) in [4.78, 5) is 4.13. The molecule has 0 aliphatic heterocycles. The molecule has 0 aliphatic rings. The zero-order valence-electron chi connectivity index (χ0n) is 7.06. The van der Waals surface area contributed by atoms with Crippen LogP contribution < -0.4 is 0 Å². The maximum Gasteiger partial charge on any atom is 0.0285 e. The summed E-state index contributed by atoms with van der Waals surface area (Å²) >= 11 is 0. The van der Waals surface area contributed by atoms with Crippen molar-refractivity contribution in [1.82, 2.24) is 14.8 Å². The summed E-state index contributed by atoms with van der Waals surface area (Å²) in [5.74, 6) is 0. The van der Waals surface area contributed by atoms with E-state index in [9.17, 15) is 0 Å². The van der Waals surface area contributed by atoms with E-state index in [1.807, 2.05) is 31.4 Å². The molecule has 2 aromatic heterocycles. The average molecular weight is 350 g/mol. The Balaban J connectivity index is 0.000000845. The molecule has 0 aromatic carbocycles. The molecule has 69 valence electrons. The molecule has 0 fully saturated rings. The Morgan fingerprint density at radius 3 is 2.85 bits per heavy atom. The van der Waals surface area contributed by atoms with Crippen LogP contribution in [0.15, 0.2) is 30.6 Å². The minimum absolute atomic E-state index is 0. The van der Waals surface area contributed by atoms with Crippen LogP contribution in [-0.2, 0) is 27.2 Å². The van der Waals surface area contributed by atoms with Crippen LogP contribution in [0.4, 0.5) is 0 Å². The van der Waals surface area contributed by atoms with E-state index in [0.717, 1.165) is 11.4 Å². The summed E-state index contributed by atoms with van der Waals surface area (Å²) in [7, 11) is 1.88. The van der Waals surface area contributed by atoms with Crippen LogP contribution in [0.3, 0.4) is 0 Å². The predicted molar refractivity (Wildman–Crippen MR) is 45.3 cm³/mol. The molecular formula is C9H8IrN3-. The Kier molecular flexibility index (Phi) is 3.34. The van der Waals surface area contributed by atoms with Crippen LogP contribution in [0.1, 0.15) is 0 Å². The zero-order chi connectivity index (χ0) is 8.39. The van der Waals surface area contributed by atoms with Crippen molar-refractivity contribution in [3.63, 3.8) is 0 Å². The zero-order valence-corrected chi connectivity index (χ0v) is 9.46. The van der Waals surface area contributed by atoms with E-state index in [1.165, 1.54) is 0 Å². The van der Waals surface area contributed by atoms with E-state index in [4.69, 9.17) is 0 Å². The molecule has 0 saturated heterocycles. The first kappa shape index (κ1) is 10.1. The Morgan fingerprint density at radius 1 is 1.46 bits per heavy atom. The Morgan fingerprint density at radius 2 is 2.31 bits per heavy atom. The van der Waals surface area contributed by atoms with Crippen molar-refractivity contribution < 1.29 is 20.1 Å². The molecule has 0 unspecified atom stereocenters. The molecule has 0 saturated carbocycles. The van der Waals surface area contributed by atoms with E-state index in [1.54, 1.807) is 10.9 Å². The van der Waals surface area contributed by atoms with Gasteiger partial charge in [0.25, 0.3) is 0 Å². The fourth-order valence-corrected chi connectivity index (χ4v) is 1.01. The van der Waals surface area contributed by atoms with Crippen LogP contribution in [0.25, 0.3) is 11.4 Å². The van der Waals surface area contributed by atoms with Crippen LogP contribution in [0.5, 0.6) is 0 Å². The van der Waals surface area contributed by atoms with Gasteiger partial charge >= 0.3 is 0 Å². The van der Waals surface area contributed by atoms with Gasteiger partial charge in [-0.1, -0.05) is 6.07 Å². The fourth-order valence-electron chi connectivity index (χ4n) is 1.01. The van der Waals surface area contributed by atoms with Crippen LogP contribution in [-0.4, -0.2) is 14.8 Å². The summed E-state index contributed by atoms with van der Waals surface area (Å²) in [6.07, 6.45) is 3.62. The molecule has 0 spiro atoms. The monoisotopic (exact) mass is 351 g/mol. The maximum atomic E-state index is 4.20. The van der Waals surface area contributed by atoms with Gasteiger partial charge in [0, 0.05) is 39.0 Å². The maximum absolute atomic E-state index is 4.20. The number of rotatable bonds is 1. The van der Waals surface area contributed by atoms with Gasteiger partial charge < -0.3 is 0 Å². The normalized spacial score (nSPS) is 9.31. The van der Waals surface area contributed by atoms with Crippen molar-refractivity contribution in [2.75, 3.05) is 0 Å². The Hall–Kier alpha value is -0.991. The first-order chi connectivity index (χ1) is 5.86. The molecule has 0 amide bonds. The van der Waals surface area contributed by atoms with E-state index in [0.29, 0.717) is 0 Å². The summed E-state index contributed by atoms with van der Waals surface area (Å²) in [5.41, 5.74) is 1.65. The van der Waals surface area contributed by atoms with Gasteiger partial charge in [-0.25, -0.2) is 5.10 Å². The molecule has 0 N–H and O–H groups in total. The van der Waals surface area contributed by atoms with Gasteiger partial charge in [0.15, 0.2) is 0 Å². The van der Waals surface area contributed by atoms with E-state index in [2.05, 4.69) is 16.1 Å². The van der Waals surface area contributed by atoms with Gasteiger partial charge in [-0.05, 0) is 11.9 Å². The predicted octanol–water partition coefficient (Wildman–Crippen LogP) is 1.28. The Labute approximate surface area is 90.2 Å². The Bertz CT molecular complexity index is 369. The summed E-state index contributed by atoms with van der Waals surface area (Å²) in [6.45, 7) is 0. The van der Waals surface area contributed by atoms with Crippen molar-refractivity contribution >= 4 is 0 Å². The van der Waals surface area contributed by atoms with Crippen molar-refractivity contribution in [2.45, 2.75) is 0 Å². The number of pyridine rings is 1. The van der Waals surface area contributed by atoms with Gasteiger partial charge in [0.2, 0.25) is 0 Å². The molecule has 4 heteroatoms. The summed E-state index contributed by atoms with van der Waals surface area (Å²) in [6, 6.07) is 8.60. The quantitative estimate of drug-likeness (QED) is 0.726. The van der Waals surface area contributed by atoms with Crippen LogP contribution >= 0.6 is 0 Å². The van der Waals surface area contributed by atoms with E-state index in [-0.39, 0.29) is 20.1 Å². The van der Waals surface area contributed by atoms with Crippen LogP contribution in [0, 0.1) is 6.07 Å². The van der Waals surface area contributed by atoms with Crippen molar-refractivity contribution in [1.29, 1.82) is 0 Å². The number of hydrogen-bond donors (Lipinski definition) is 0. The molecular weight excluding hydrogens is 342 g/mol. The fraction of sp³-hybridized carbons (Fsp3) is 0.111.